The highest BCUT2D eigenvalue weighted by Crippen LogP contribution is 2.14. The van der Waals surface area contributed by atoms with Crippen LogP contribution in [0.15, 0.2) is 36.4 Å². The number of benzene rings is 1. The minimum atomic E-state index is 0.0789. The second-order valence-corrected chi connectivity index (χ2v) is 6.82. The van der Waals surface area contributed by atoms with E-state index in [0.717, 1.165) is 50.5 Å². The lowest BCUT2D eigenvalue weighted by atomic mass is 10.1. The summed E-state index contributed by atoms with van der Waals surface area (Å²) in [4.78, 5) is 21.6. The molecule has 0 unspecified atom stereocenters. The fourth-order valence-electron chi connectivity index (χ4n) is 3.36. The van der Waals surface area contributed by atoms with Gasteiger partial charge in [-0.05, 0) is 50.1 Å². The molecule has 1 aromatic heterocycles. The van der Waals surface area contributed by atoms with Gasteiger partial charge in [0.25, 0.3) is 5.91 Å². The smallest absolute Gasteiger partial charge is 0.255 e. The predicted octanol–water partition coefficient (Wildman–Crippen LogP) is 2.92. The van der Waals surface area contributed by atoms with Crippen LogP contribution in [0.5, 0.6) is 0 Å². The molecule has 0 aliphatic carbocycles. The highest BCUT2D eigenvalue weighted by atomic mass is 16.2. The quantitative estimate of drug-likeness (QED) is 0.856. The normalized spacial score (nSPS) is 15.3. The fourth-order valence-corrected chi connectivity index (χ4v) is 3.36. The van der Waals surface area contributed by atoms with Crippen LogP contribution in [-0.2, 0) is 6.54 Å². The Morgan fingerprint density at radius 1 is 1.08 bits per heavy atom. The van der Waals surface area contributed by atoms with Gasteiger partial charge in [-0.15, -0.1) is 0 Å². The average Bonchev–Trinajstić information content (AvgIpc) is 2.87. The molecule has 3 rings (SSSR count). The summed E-state index contributed by atoms with van der Waals surface area (Å²) in [6, 6.07) is 13.7. The molecule has 5 heteroatoms. The Hall–Kier alpha value is -2.71. The molecule has 1 amide bonds. The van der Waals surface area contributed by atoms with Crippen LogP contribution >= 0.6 is 0 Å². The molecule has 1 aromatic carbocycles. The lowest BCUT2D eigenvalue weighted by Crippen LogP contribution is -2.35. The Balaban J connectivity index is 1.62. The number of amides is 1. The molecule has 1 aliphatic rings. The Morgan fingerprint density at radius 3 is 2.54 bits per heavy atom. The van der Waals surface area contributed by atoms with Gasteiger partial charge in [0.05, 0.1) is 22.9 Å². The maximum Gasteiger partial charge on any atom is 0.255 e. The maximum atomic E-state index is 12.9. The van der Waals surface area contributed by atoms with Gasteiger partial charge in [-0.1, -0.05) is 12.1 Å². The summed E-state index contributed by atoms with van der Waals surface area (Å²) in [5.41, 5.74) is 4.32. The molecule has 134 valence electrons. The second-order valence-electron chi connectivity index (χ2n) is 6.82. The van der Waals surface area contributed by atoms with Crippen molar-refractivity contribution in [3.8, 4) is 6.07 Å². The Kier molecular flexibility index (Phi) is 5.65. The molecule has 5 nitrogen and oxygen atoms in total. The molecule has 0 bridgehead atoms. The van der Waals surface area contributed by atoms with Crippen molar-refractivity contribution < 1.29 is 4.79 Å². The first-order valence-electron chi connectivity index (χ1n) is 9.02. The van der Waals surface area contributed by atoms with Gasteiger partial charge in [-0.3, -0.25) is 14.7 Å². The third-order valence-corrected chi connectivity index (χ3v) is 4.82. The van der Waals surface area contributed by atoms with Crippen molar-refractivity contribution in [2.75, 3.05) is 26.2 Å². The van der Waals surface area contributed by atoms with Crippen LogP contribution in [-0.4, -0.2) is 46.9 Å². The SMILES string of the molecule is Cc1ccc(C(=O)N2CCCN(Cc3ccc(C#N)cc3)CC2)c(C)n1. The zero-order valence-electron chi connectivity index (χ0n) is 15.4. The van der Waals surface area contributed by atoms with Gasteiger partial charge in [-0.2, -0.15) is 5.26 Å². The molecule has 2 aromatic rings. The van der Waals surface area contributed by atoms with Gasteiger partial charge in [0.15, 0.2) is 0 Å². The average molecular weight is 348 g/mol. The lowest BCUT2D eigenvalue weighted by Gasteiger charge is -2.22. The largest absolute Gasteiger partial charge is 0.337 e. The minimum Gasteiger partial charge on any atom is -0.337 e. The number of hydrogen-bond donors (Lipinski definition) is 0. The van der Waals surface area contributed by atoms with E-state index in [1.165, 1.54) is 5.56 Å². The van der Waals surface area contributed by atoms with Crippen LogP contribution in [0.4, 0.5) is 0 Å². The monoisotopic (exact) mass is 348 g/mol. The van der Waals surface area contributed by atoms with Crippen molar-refractivity contribution in [3.63, 3.8) is 0 Å². The van der Waals surface area contributed by atoms with Crippen LogP contribution in [0.1, 0.15) is 39.3 Å². The summed E-state index contributed by atoms with van der Waals surface area (Å²) in [5, 5.41) is 8.89. The Morgan fingerprint density at radius 2 is 1.85 bits per heavy atom. The highest BCUT2D eigenvalue weighted by molar-refractivity contribution is 5.95. The number of hydrogen-bond acceptors (Lipinski definition) is 4. The van der Waals surface area contributed by atoms with Crippen LogP contribution in [0.25, 0.3) is 0 Å². The third kappa shape index (κ3) is 4.27. The third-order valence-electron chi connectivity index (χ3n) is 4.82. The van der Waals surface area contributed by atoms with Gasteiger partial charge in [0.2, 0.25) is 0 Å². The van der Waals surface area contributed by atoms with Crippen molar-refractivity contribution in [2.45, 2.75) is 26.8 Å². The van der Waals surface area contributed by atoms with Crippen molar-refractivity contribution >= 4 is 5.91 Å². The number of carbonyl (C=O) groups excluding carboxylic acids is 1. The molecule has 0 spiro atoms. The number of carbonyl (C=O) groups is 1. The summed E-state index contributed by atoms with van der Waals surface area (Å²) < 4.78 is 0. The van der Waals surface area contributed by atoms with Crippen molar-refractivity contribution in [2.24, 2.45) is 0 Å². The molecule has 26 heavy (non-hydrogen) atoms. The Bertz CT molecular complexity index is 823. The van der Waals surface area contributed by atoms with E-state index in [1.807, 2.05) is 55.1 Å². The van der Waals surface area contributed by atoms with Crippen molar-refractivity contribution in [3.05, 3.63) is 64.5 Å². The van der Waals surface area contributed by atoms with Gasteiger partial charge in [0.1, 0.15) is 0 Å². The fraction of sp³-hybridized carbons (Fsp3) is 0.381. The first kappa shape index (κ1) is 18.1. The molecular formula is C21H24N4O. The summed E-state index contributed by atoms with van der Waals surface area (Å²) >= 11 is 0. The zero-order valence-corrected chi connectivity index (χ0v) is 15.4. The van der Waals surface area contributed by atoms with E-state index >= 15 is 0 Å². The molecule has 1 fully saturated rings. The number of pyridine rings is 1. The van der Waals surface area contributed by atoms with E-state index in [0.29, 0.717) is 11.1 Å². The van der Waals surface area contributed by atoms with Gasteiger partial charge < -0.3 is 4.90 Å². The second kappa shape index (κ2) is 8.11. The number of nitriles is 1. The molecule has 0 saturated carbocycles. The zero-order chi connectivity index (χ0) is 18.5. The number of aryl methyl sites for hydroxylation is 2. The van der Waals surface area contributed by atoms with E-state index in [-0.39, 0.29) is 5.91 Å². The number of nitrogens with zero attached hydrogens (tertiary/aromatic N) is 4. The molecule has 2 heterocycles. The van der Waals surface area contributed by atoms with Gasteiger partial charge in [-0.25, -0.2) is 0 Å². The molecular weight excluding hydrogens is 324 g/mol. The predicted molar refractivity (Wildman–Crippen MR) is 101 cm³/mol. The van der Waals surface area contributed by atoms with E-state index in [4.69, 9.17) is 5.26 Å². The van der Waals surface area contributed by atoms with E-state index in [2.05, 4.69) is 16.0 Å². The van der Waals surface area contributed by atoms with E-state index < -0.39 is 0 Å². The molecule has 1 saturated heterocycles. The Labute approximate surface area is 154 Å². The highest BCUT2D eigenvalue weighted by Gasteiger charge is 2.22. The number of aromatic nitrogens is 1. The van der Waals surface area contributed by atoms with Crippen molar-refractivity contribution in [1.29, 1.82) is 5.26 Å². The first-order valence-corrected chi connectivity index (χ1v) is 9.02. The lowest BCUT2D eigenvalue weighted by molar-refractivity contribution is 0.0760. The molecule has 1 aliphatic heterocycles. The standard InChI is InChI=1S/C21H24N4O/c1-16-4-9-20(17(2)23-16)21(26)25-11-3-10-24(12-13-25)15-19-7-5-18(14-22)6-8-19/h4-9H,3,10-13,15H2,1-2H3. The summed E-state index contributed by atoms with van der Waals surface area (Å²) in [5.74, 6) is 0.0789. The van der Waals surface area contributed by atoms with Crippen LogP contribution in [0, 0.1) is 25.2 Å². The summed E-state index contributed by atoms with van der Waals surface area (Å²) in [7, 11) is 0. The maximum absolute atomic E-state index is 12.9. The summed E-state index contributed by atoms with van der Waals surface area (Å²) in [6.07, 6.45) is 0.959. The van der Waals surface area contributed by atoms with E-state index in [1.54, 1.807) is 0 Å². The molecule has 0 N–H and O–H groups in total. The van der Waals surface area contributed by atoms with Gasteiger partial charge in [0, 0.05) is 38.4 Å². The molecule has 0 radical (unpaired) electrons. The minimum absolute atomic E-state index is 0.0789. The van der Waals surface area contributed by atoms with Crippen molar-refractivity contribution in [1.82, 2.24) is 14.8 Å². The van der Waals surface area contributed by atoms with Gasteiger partial charge >= 0.3 is 0 Å². The van der Waals surface area contributed by atoms with E-state index in [9.17, 15) is 4.79 Å². The molecule has 0 atom stereocenters. The first-order chi connectivity index (χ1) is 12.6. The van der Waals surface area contributed by atoms with Crippen LogP contribution < -0.4 is 0 Å². The topological polar surface area (TPSA) is 60.2 Å². The van der Waals surface area contributed by atoms with Crippen LogP contribution in [0.3, 0.4) is 0 Å². The summed E-state index contributed by atoms with van der Waals surface area (Å²) in [6.45, 7) is 8.00. The van der Waals surface area contributed by atoms with Crippen LogP contribution in [0.2, 0.25) is 0 Å². The number of rotatable bonds is 3.